The molecule has 188 valence electrons. The lowest BCUT2D eigenvalue weighted by Crippen LogP contribution is -2.38. The fraction of sp³-hybridized carbons (Fsp3) is 0.233. The van der Waals surface area contributed by atoms with Crippen LogP contribution in [0.1, 0.15) is 58.9 Å². The van der Waals surface area contributed by atoms with Gasteiger partial charge in [0.15, 0.2) is 11.6 Å². The van der Waals surface area contributed by atoms with Crippen LogP contribution >= 0.6 is 0 Å². The highest BCUT2D eigenvalue weighted by molar-refractivity contribution is 6.13. The normalized spacial score (nSPS) is 13.9. The molecule has 1 heterocycles. The molecule has 3 aromatic carbocycles. The molecule has 4 aromatic rings. The zero-order valence-electron chi connectivity index (χ0n) is 20.7. The maximum absolute atomic E-state index is 13.5. The molecule has 1 amide bonds. The molecule has 37 heavy (non-hydrogen) atoms. The molecular formula is C30H27FN2O4. The minimum Gasteiger partial charge on any atom is -0.455 e. The summed E-state index contributed by atoms with van der Waals surface area (Å²) in [5.41, 5.74) is 6.25. The molecule has 0 aliphatic heterocycles. The van der Waals surface area contributed by atoms with E-state index in [0.717, 1.165) is 16.7 Å². The Kier molecular flexibility index (Phi) is 6.25. The number of benzene rings is 3. The van der Waals surface area contributed by atoms with Gasteiger partial charge in [-0.15, -0.1) is 0 Å². The van der Waals surface area contributed by atoms with Crippen molar-refractivity contribution in [3.8, 4) is 22.5 Å². The molecule has 5 rings (SSSR count). The number of fused-ring (bicyclic) bond motifs is 1. The van der Waals surface area contributed by atoms with E-state index in [1.165, 1.54) is 12.1 Å². The number of halogens is 1. The molecule has 0 saturated heterocycles. The van der Waals surface area contributed by atoms with E-state index in [1.807, 2.05) is 37.3 Å². The summed E-state index contributed by atoms with van der Waals surface area (Å²) in [6, 6.07) is 16.9. The molecule has 0 unspecified atom stereocenters. The first kappa shape index (κ1) is 24.6. The molecule has 7 heteroatoms. The van der Waals surface area contributed by atoms with E-state index in [0.29, 0.717) is 46.3 Å². The van der Waals surface area contributed by atoms with Crippen LogP contribution < -0.4 is 11.3 Å². The van der Waals surface area contributed by atoms with Gasteiger partial charge in [0, 0.05) is 29.4 Å². The zero-order chi connectivity index (χ0) is 26.3. The lowest BCUT2D eigenvalue weighted by atomic mass is 9.91. The van der Waals surface area contributed by atoms with Gasteiger partial charge in [-0.3, -0.25) is 19.8 Å². The number of hydrogen-bond donors (Lipinski definition) is 2. The Labute approximate surface area is 213 Å². The van der Waals surface area contributed by atoms with Gasteiger partial charge < -0.3 is 4.42 Å². The van der Waals surface area contributed by atoms with Gasteiger partial charge in [0.2, 0.25) is 5.91 Å². The molecule has 1 aliphatic carbocycles. The molecule has 1 aromatic heterocycles. The Morgan fingerprint density at radius 1 is 0.973 bits per heavy atom. The van der Waals surface area contributed by atoms with Crippen molar-refractivity contribution >= 4 is 28.4 Å². The van der Waals surface area contributed by atoms with E-state index in [4.69, 9.17) is 10.3 Å². The molecule has 1 aliphatic rings. The lowest BCUT2D eigenvalue weighted by Gasteiger charge is -2.13. The van der Waals surface area contributed by atoms with Crippen LogP contribution in [0.2, 0.25) is 0 Å². The van der Waals surface area contributed by atoms with Crippen molar-refractivity contribution in [3.05, 3.63) is 83.2 Å². The Balaban J connectivity index is 1.57. The number of hydrogen-bond acceptors (Lipinski definition) is 5. The minimum absolute atomic E-state index is 0.0798. The third-order valence-electron chi connectivity index (χ3n) is 7.23. The van der Waals surface area contributed by atoms with Crippen LogP contribution in [0.15, 0.2) is 65.1 Å². The predicted octanol–water partition coefficient (Wildman–Crippen LogP) is 6.15. The average Bonchev–Trinajstić information content (AvgIpc) is 3.59. The second-order valence-corrected chi connectivity index (χ2v) is 9.68. The summed E-state index contributed by atoms with van der Waals surface area (Å²) in [5, 5.41) is 0.663. The van der Waals surface area contributed by atoms with Crippen molar-refractivity contribution in [1.29, 1.82) is 0 Å². The largest absolute Gasteiger partial charge is 0.455 e. The van der Waals surface area contributed by atoms with E-state index in [1.54, 1.807) is 25.1 Å². The SMILES string of the molecule is CCC(=O)c1c(-c2ccc(F)cc2)oc2ccc(-c3cc(C(=O)CC4(C(=O)NN)CC4)ccc3C)cc12. The van der Waals surface area contributed by atoms with Crippen LogP contribution in [-0.4, -0.2) is 17.5 Å². The van der Waals surface area contributed by atoms with E-state index in [-0.39, 0.29) is 36.1 Å². The summed E-state index contributed by atoms with van der Waals surface area (Å²) in [7, 11) is 0. The third kappa shape index (κ3) is 4.47. The molecule has 0 radical (unpaired) electrons. The van der Waals surface area contributed by atoms with Gasteiger partial charge in [-0.05, 0) is 78.9 Å². The summed E-state index contributed by atoms with van der Waals surface area (Å²) < 4.78 is 19.6. The summed E-state index contributed by atoms with van der Waals surface area (Å²) in [4.78, 5) is 38.2. The number of furan rings is 1. The van der Waals surface area contributed by atoms with Gasteiger partial charge >= 0.3 is 0 Å². The standard InChI is InChI=1S/C30H27FN2O4/c1-3-24(34)27-23-14-19(8-11-26(23)37-28(27)18-6-9-21(31)10-7-18)22-15-20(5-4-17(22)2)25(35)16-30(12-13-30)29(36)33-32/h4-11,14-15H,3,12-13,16,32H2,1-2H3,(H,33,36). The number of Topliss-reactive ketones (excluding diaryl/α,β-unsaturated/α-hetero) is 2. The van der Waals surface area contributed by atoms with Gasteiger partial charge in [-0.2, -0.15) is 0 Å². The maximum atomic E-state index is 13.5. The number of amides is 1. The number of rotatable bonds is 8. The van der Waals surface area contributed by atoms with Crippen LogP contribution in [-0.2, 0) is 4.79 Å². The van der Waals surface area contributed by atoms with Crippen molar-refractivity contribution in [2.75, 3.05) is 0 Å². The van der Waals surface area contributed by atoms with Crippen molar-refractivity contribution < 1.29 is 23.2 Å². The highest BCUT2D eigenvalue weighted by Crippen LogP contribution is 2.49. The summed E-state index contributed by atoms with van der Waals surface area (Å²) >= 11 is 0. The number of nitrogens with two attached hydrogens (primary N) is 1. The Morgan fingerprint density at radius 2 is 1.68 bits per heavy atom. The van der Waals surface area contributed by atoms with Gasteiger partial charge in [0.05, 0.1) is 11.0 Å². The lowest BCUT2D eigenvalue weighted by molar-refractivity contribution is -0.126. The average molecular weight is 499 g/mol. The number of nitrogens with one attached hydrogen (secondary N) is 1. The number of ketones is 2. The number of carbonyl (C=O) groups is 3. The highest BCUT2D eigenvalue weighted by atomic mass is 19.1. The van der Waals surface area contributed by atoms with E-state index in [2.05, 4.69) is 5.43 Å². The van der Waals surface area contributed by atoms with Crippen molar-refractivity contribution in [3.63, 3.8) is 0 Å². The predicted molar refractivity (Wildman–Crippen MR) is 139 cm³/mol. The molecular weight excluding hydrogens is 471 g/mol. The van der Waals surface area contributed by atoms with E-state index >= 15 is 0 Å². The van der Waals surface area contributed by atoms with Gasteiger partial charge in [0.25, 0.3) is 0 Å². The molecule has 0 atom stereocenters. The molecule has 1 saturated carbocycles. The maximum Gasteiger partial charge on any atom is 0.240 e. The topological polar surface area (TPSA) is 102 Å². The monoisotopic (exact) mass is 498 g/mol. The van der Waals surface area contributed by atoms with Gasteiger partial charge in [-0.1, -0.05) is 25.1 Å². The first-order valence-electron chi connectivity index (χ1n) is 12.3. The highest BCUT2D eigenvalue weighted by Gasteiger charge is 2.50. The Morgan fingerprint density at radius 3 is 2.32 bits per heavy atom. The molecule has 0 spiro atoms. The fourth-order valence-corrected chi connectivity index (χ4v) is 4.83. The van der Waals surface area contributed by atoms with E-state index < -0.39 is 5.41 Å². The number of aryl methyl sites for hydroxylation is 1. The van der Waals surface area contributed by atoms with Crippen LogP contribution in [0, 0.1) is 18.2 Å². The van der Waals surface area contributed by atoms with Crippen LogP contribution in [0.25, 0.3) is 33.4 Å². The third-order valence-corrected chi connectivity index (χ3v) is 7.23. The molecule has 0 bridgehead atoms. The Bertz CT molecular complexity index is 1550. The first-order valence-corrected chi connectivity index (χ1v) is 12.3. The molecule has 3 N–H and O–H groups in total. The van der Waals surface area contributed by atoms with Gasteiger partial charge in [-0.25, -0.2) is 10.2 Å². The first-order chi connectivity index (χ1) is 17.8. The minimum atomic E-state index is -0.710. The summed E-state index contributed by atoms with van der Waals surface area (Å²) in [5.74, 6) is 4.85. The van der Waals surface area contributed by atoms with Crippen molar-refractivity contribution in [1.82, 2.24) is 5.43 Å². The quantitative estimate of drug-likeness (QED) is 0.131. The number of carbonyl (C=O) groups excluding carboxylic acids is 3. The number of hydrazine groups is 1. The fourth-order valence-electron chi connectivity index (χ4n) is 4.83. The van der Waals surface area contributed by atoms with Crippen LogP contribution in [0.3, 0.4) is 0 Å². The summed E-state index contributed by atoms with van der Waals surface area (Å²) in [6.07, 6.45) is 1.67. The second kappa shape index (κ2) is 9.41. The van der Waals surface area contributed by atoms with Crippen LogP contribution in [0.4, 0.5) is 4.39 Å². The molecule has 1 fully saturated rings. The summed E-state index contributed by atoms with van der Waals surface area (Å²) in [6.45, 7) is 3.74. The zero-order valence-corrected chi connectivity index (χ0v) is 20.7. The second-order valence-electron chi connectivity index (χ2n) is 9.68. The smallest absolute Gasteiger partial charge is 0.240 e. The van der Waals surface area contributed by atoms with Crippen molar-refractivity contribution in [2.45, 2.75) is 39.5 Å². The molecule has 6 nitrogen and oxygen atoms in total. The Hall–Kier alpha value is -4.10. The van der Waals surface area contributed by atoms with Gasteiger partial charge in [0.1, 0.15) is 17.2 Å². The van der Waals surface area contributed by atoms with Crippen molar-refractivity contribution in [2.24, 2.45) is 11.3 Å². The van der Waals surface area contributed by atoms with E-state index in [9.17, 15) is 18.8 Å². The van der Waals surface area contributed by atoms with Crippen LogP contribution in [0.5, 0.6) is 0 Å².